The summed E-state index contributed by atoms with van der Waals surface area (Å²) in [7, 11) is -3.86. The van der Waals surface area contributed by atoms with Crippen molar-refractivity contribution in [2.24, 2.45) is 11.1 Å². The highest BCUT2D eigenvalue weighted by Gasteiger charge is 2.18. The lowest BCUT2D eigenvalue weighted by molar-refractivity contribution is 0.393. The Labute approximate surface area is 174 Å². The van der Waals surface area contributed by atoms with Crippen LogP contribution >= 0.6 is 0 Å². The van der Waals surface area contributed by atoms with E-state index >= 15 is 0 Å². The quantitative estimate of drug-likeness (QED) is 0.565. The lowest BCUT2D eigenvalue weighted by Gasteiger charge is -2.08. The third-order valence-corrected chi connectivity index (χ3v) is 6.41. The molecule has 1 aromatic carbocycles. The molecule has 0 bridgehead atoms. The number of pyridine rings is 1. The first kappa shape index (κ1) is 21.5. The Morgan fingerprint density at radius 1 is 1.14 bits per heavy atom. The first-order valence-electron chi connectivity index (χ1n) is 10.1. The molecule has 1 aliphatic carbocycles. The molecule has 1 aliphatic rings. The number of hydrogen-bond donors (Lipinski definition) is 1. The maximum atomic E-state index is 11.8. The van der Waals surface area contributed by atoms with E-state index in [2.05, 4.69) is 17.1 Å². The van der Waals surface area contributed by atoms with Crippen molar-refractivity contribution < 1.29 is 14.4 Å². The van der Waals surface area contributed by atoms with Crippen molar-refractivity contribution >= 4 is 20.9 Å². The largest absolute Gasteiger partial charge is 0.361 e. The fraction of sp³-hybridized carbons (Fsp3) is 0.455. The van der Waals surface area contributed by atoms with E-state index in [0.717, 1.165) is 11.5 Å². The molecule has 1 saturated carbocycles. The Morgan fingerprint density at radius 3 is 2.41 bits per heavy atom. The van der Waals surface area contributed by atoms with Crippen molar-refractivity contribution in [3.63, 3.8) is 0 Å². The molecule has 2 heterocycles. The van der Waals surface area contributed by atoms with Crippen LogP contribution in [0, 0.1) is 19.8 Å². The number of fused-ring (bicyclic) bond motifs is 1. The van der Waals surface area contributed by atoms with Gasteiger partial charge in [-0.05, 0) is 49.6 Å². The van der Waals surface area contributed by atoms with Gasteiger partial charge < -0.3 is 4.52 Å². The summed E-state index contributed by atoms with van der Waals surface area (Å²) in [5.41, 5.74) is 2.66. The molecular weight excluding hydrogens is 386 g/mol. The topological polar surface area (TPSA) is 99.1 Å². The monoisotopic (exact) mass is 417 g/mol. The highest BCUT2D eigenvalue weighted by Crippen LogP contribution is 2.32. The van der Waals surface area contributed by atoms with E-state index in [4.69, 9.17) is 9.66 Å². The average Bonchev–Trinajstić information content (AvgIpc) is 2.85. The van der Waals surface area contributed by atoms with Crippen LogP contribution in [0.2, 0.25) is 0 Å². The Bertz CT molecular complexity index is 1070. The molecule has 0 aliphatic heterocycles. The van der Waals surface area contributed by atoms with Gasteiger partial charge in [-0.25, -0.2) is 13.6 Å². The zero-order valence-corrected chi connectivity index (χ0v) is 18.1. The van der Waals surface area contributed by atoms with Gasteiger partial charge in [-0.1, -0.05) is 50.6 Å². The van der Waals surface area contributed by atoms with Gasteiger partial charge >= 0.3 is 0 Å². The summed E-state index contributed by atoms with van der Waals surface area (Å²) in [5, 5.41) is 9.71. The number of nitrogens with zero attached hydrogens (tertiary/aromatic N) is 2. The molecular formula is C22H31N3O3S. The van der Waals surface area contributed by atoms with Crippen molar-refractivity contribution in [3.8, 4) is 11.1 Å². The number of primary sulfonamides is 1. The van der Waals surface area contributed by atoms with Gasteiger partial charge in [0.15, 0.2) is 0 Å². The second kappa shape index (κ2) is 9.05. The molecule has 0 unspecified atom stereocenters. The lowest BCUT2D eigenvalue weighted by atomic mass is 10.0. The van der Waals surface area contributed by atoms with E-state index in [0.29, 0.717) is 27.9 Å². The number of aromatic nitrogens is 2. The molecule has 0 spiro atoms. The van der Waals surface area contributed by atoms with Crippen LogP contribution in [0.3, 0.4) is 0 Å². The van der Waals surface area contributed by atoms with Crippen molar-refractivity contribution in [2.45, 2.75) is 64.2 Å². The lowest BCUT2D eigenvalue weighted by Crippen LogP contribution is -2.13. The SMILES string of the molecule is CC1CCCCCC1.Cc1noc(C)c1-c1cc(S(N)(=O)=O)c2cccnc2c1.[HH]. The smallest absolute Gasteiger partial charge is 0.238 e. The third kappa shape index (κ3) is 5.22. The van der Waals surface area contributed by atoms with Crippen molar-refractivity contribution in [3.05, 3.63) is 41.9 Å². The van der Waals surface area contributed by atoms with E-state index < -0.39 is 10.0 Å². The zero-order chi connectivity index (χ0) is 21.0. The van der Waals surface area contributed by atoms with Gasteiger partial charge in [-0.15, -0.1) is 0 Å². The van der Waals surface area contributed by atoms with Gasteiger partial charge in [0.25, 0.3) is 0 Å². The van der Waals surface area contributed by atoms with Crippen LogP contribution in [0.1, 0.15) is 58.3 Å². The van der Waals surface area contributed by atoms with Gasteiger partial charge in [-0.2, -0.15) is 0 Å². The predicted octanol–water partition coefficient (Wildman–Crippen LogP) is 5.38. The molecule has 4 rings (SSSR count). The number of sulfonamides is 1. The van der Waals surface area contributed by atoms with E-state index in [1.807, 2.05) is 0 Å². The van der Waals surface area contributed by atoms with Crippen molar-refractivity contribution in [1.29, 1.82) is 0 Å². The summed E-state index contributed by atoms with van der Waals surface area (Å²) in [6.45, 7) is 5.95. The molecule has 0 atom stereocenters. The fourth-order valence-corrected chi connectivity index (χ4v) is 4.68. The van der Waals surface area contributed by atoms with Crippen LogP contribution in [0.4, 0.5) is 0 Å². The standard InChI is InChI=1S/C14H13N3O3S.C8H16.H2/c1-8-14(9(2)20-17-8)10-6-12-11(4-3-5-16-12)13(7-10)21(15,18)19;1-8-6-4-2-3-5-7-8;/h3-7H,1-2H3,(H2,15,18,19);8H,2-7H2,1H3;1H. The fourth-order valence-electron chi connectivity index (χ4n) is 3.91. The summed E-state index contributed by atoms with van der Waals surface area (Å²) < 4.78 is 28.8. The van der Waals surface area contributed by atoms with E-state index in [9.17, 15) is 8.42 Å². The third-order valence-electron chi connectivity index (χ3n) is 5.46. The van der Waals surface area contributed by atoms with Crippen molar-refractivity contribution in [2.75, 3.05) is 0 Å². The number of hydrogen-bond acceptors (Lipinski definition) is 5. The Morgan fingerprint density at radius 2 is 1.83 bits per heavy atom. The zero-order valence-electron chi connectivity index (χ0n) is 17.3. The van der Waals surface area contributed by atoms with Gasteiger partial charge in [0.2, 0.25) is 10.0 Å². The number of benzene rings is 1. The minimum atomic E-state index is -3.86. The normalized spacial score (nSPS) is 15.6. The molecule has 29 heavy (non-hydrogen) atoms. The molecule has 7 heteroatoms. The second-order valence-corrected chi connectivity index (χ2v) is 9.42. The molecule has 3 aromatic rings. The average molecular weight is 418 g/mol. The maximum absolute atomic E-state index is 11.8. The summed E-state index contributed by atoms with van der Waals surface area (Å²) >= 11 is 0. The first-order valence-corrected chi connectivity index (χ1v) is 11.7. The minimum Gasteiger partial charge on any atom is -0.361 e. The van der Waals surface area contributed by atoms with Gasteiger partial charge in [0.05, 0.1) is 16.1 Å². The highest BCUT2D eigenvalue weighted by atomic mass is 32.2. The number of aryl methyl sites for hydroxylation is 2. The molecule has 0 amide bonds. The maximum Gasteiger partial charge on any atom is 0.238 e. The van der Waals surface area contributed by atoms with Gasteiger partial charge in [0, 0.05) is 18.6 Å². The van der Waals surface area contributed by atoms with Crippen molar-refractivity contribution in [1.82, 2.24) is 10.1 Å². The summed E-state index contributed by atoms with van der Waals surface area (Å²) in [5.74, 6) is 1.64. The molecule has 0 radical (unpaired) electrons. The van der Waals surface area contributed by atoms with Crippen LogP contribution in [0.25, 0.3) is 22.0 Å². The number of rotatable bonds is 2. The molecule has 2 N–H and O–H groups in total. The van der Waals surface area contributed by atoms with E-state index in [1.165, 1.54) is 44.6 Å². The highest BCUT2D eigenvalue weighted by molar-refractivity contribution is 7.89. The van der Waals surface area contributed by atoms with Gasteiger partial charge in [-0.3, -0.25) is 4.98 Å². The predicted molar refractivity (Wildman–Crippen MR) is 117 cm³/mol. The minimum absolute atomic E-state index is 0. The summed E-state index contributed by atoms with van der Waals surface area (Å²) in [4.78, 5) is 4.26. The first-order chi connectivity index (χ1) is 13.8. The number of nitrogens with two attached hydrogens (primary N) is 1. The summed E-state index contributed by atoms with van der Waals surface area (Å²) in [6.07, 6.45) is 10.5. The van der Waals surface area contributed by atoms with Crippen LogP contribution in [0.5, 0.6) is 0 Å². The van der Waals surface area contributed by atoms with Crippen LogP contribution in [-0.4, -0.2) is 18.6 Å². The molecule has 1 fully saturated rings. The molecule has 0 saturated heterocycles. The Balaban J connectivity index is 0.000000302. The van der Waals surface area contributed by atoms with Crippen LogP contribution in [0.15, 0.2) is 39.9 Å². The molecule has 6 nitrogen and oxygen atoms in total. The molecule has 2 aromatic heterocycles. The van der Waals surface area contributed by atoms with E-state index in [1.54, 1.807) is 38.2 Å². The Kier molecular flexibility index (Phi) is 6.70. The Hall–Kier alpha value is -2.25. The van der Waals surface area contributed by atoms with Gasteiger partial charge in [0.1, 0.15) is 5.76 Å². The molecule has 158 valence electrons. The summed E-state index contributed by atoms with van der Waals surface area (Å²) in [6, 6.07) is 6.69. The van der Waals surface area contributed by atoms with Crippen LogP contribution < -0.4 is 5.14 Å². The van der Waals surface area contributed by atoms with E-state index in [-0.39, 0.29) is 6.32 Å². The van der Waals surface area contributed by atoms with Crippen LogP contribution in [-0.2, 0) is 10.0 Å². The second-order valence-electron chi connectivity index (χ2n) is 7.89.